The first-order valence-electron chi connectivity index (χ1n) is 5.65. The molecule has 0 aliphatic carbocycles. The van der Waals surface area contributed by atoms with Crippen molar-refractivity contribution in [3.63, 3.8) is 0 Å². The monoisotopic (exact) mass is 245 g/mol. The Morgan fingerprint density at radius 2 is 2.17 bits per heavy atom. The molecule has 1 N–H and O–H groups in total. The lowest BCUT2D eigenvalue weighted by molar-refractivity contribution is 0.0934. The predicted octanol–water partition coefficient (Wildman–Crippen LogP) is 1.01. The summed E-state index contributed by atoms with van der Waals surface area (Å²) >= 11 is 0. The molecule has 0 aromatic carbocycles. The Kier molecular flexibility index (Phi) is 3.36. The second-order valence-corrected chi connectivity index (χ2v) is 4.09. The zero-order valence-corrected chi connectivity index (χ0v) is 10.6. The maximum Gasteiger partial charge on any atom is 0.271 e. The third-order valence-corrected chi connectivity index (χ3v) is 2.88. The first-order valence-corrected chi connectivity index (χ1v) is 5.65. The van der Waals surface area contributed by atoms with Crippen LogP contribution in [0.25, 0.3) is 0 Å². The Balaban J connectivity index is 2.11. The molecular formula is C12H15N5O. The fourth-order valence-electron chi connectivity index (χ4n) is 1.71. The summed E-state index contributed by atoms with van der Waals surface area (Å²) in [5, 5.41) is 7.03. The van der Waals surface area contributed by atoms with Gasteiger partial charge in [-0.2, -0.15) is 5.10 Å². The lowest BCUT2D eigenvalue weighted by atomic mass is 10.1. The van der Waals surface area contributed by atoms with Crippen LogP contribution < -0.4 is 5.32 Å². The highest BCUT2D eigenvalue weighted by atomic mass is 16.1. The molecule has 0 saturated heterocycles. The highest BCUT2D eigenvalue weighted by Crippen LogP contribution is 2.16. The van der Waals surface area contributed by atoms with Crippen LogP contribution in [0.1, 0.15) is 34.7 Å². The number of nitrogens with one attached hydrogen (secondary N) is 1. The van der Waals surface area contributed by atoms with Crippen molar-refractivity contribution in [1.82, 2.24) is 25.1 Å². The van der Waals surface area contributed by atoms with Crippen molar-refractivity contribution in [3.8, 4) is 0 Å². The molecule has 0 aliphatic rings. The Hall–Kier alpha value is -2.24. The van der Waals surface area contributed by atoms with Crippen molar-refractivity contribution in [3.05, 3.63) is 41.7 Å². The number of carbonyl (C=O) groups is 1. The minimum absolute atomic E-state index is 0.117. The van der Waals surface area contributed by atoms with Gasteiger partial charge in [-0.3, -0.25) is 14.5 Å². The van der Waals surface area contributed by atoms with E-state index in [0.717, 1.165) is 11.3 Å². The van der Waals surface area contributed by atoms with E-state index in [-0.39, 0.29) is 11.9 Å². The Labute approximate surface area is 105 Å². The average molecular weight is 245 g/mol. The topological polar surface area (TPSA) is 72.7 Å². The van der Waals surface area contributed by atoms with Crippen LogP contribution in [0.4, 0.5) is 0 Å². The van der Waals surface area contributed by atoms with Gasteiger partial charge in [0.1, 0.15) is 5.69 Å². The highest BCUT2D eigenvalue weighted by molar-refractivity contribution is 5.92. The van der Waals surface area contributed by atoms with E-state index in [0.29, 0.717) is 5.69 Å². The molecule has 2 heterocycles. The summed E-state index contributed by atoms with van der Waals surface area (Å²) in [6.07, 6.45) is 6.23. The molecule has 2 aromatic rings. The van der Waals surface area contributed by atoms with Crippen LogP contribution in [0.3, 0.4) is 0 Å². The van der Waals surface area contributed by atoms with Gasteiger partial charge in [0.2, 0.25) is 0 Å². The summed E-state index contributed by atoms with van der Waals surface area (Å²) in [4.78, 5) is 19.7. The van der Waals surface area contributed by atoms with Gasteiger partial charge in [0.05, 0.1) is 18.4 Å². The van der Waals surface area contributed by atoms with Gasteiger partial charge in [0, 0.05) is 30.7 Å². The van der Waals surface area contributed by atoms with Gasteiger partial charge in [-0.25, -0.2) is 4.98 Å². The van der Waals surface area contributed by atoms with Crippen LogP contribution in [0.15, 0.2) is 24.8 Å². The van der Waals surface area contributed by atoms with Gasteiger partial charge < -0.3 is 5.32 Å². The smallest absolute Gasteiger partial charge is 0.271 e. The van der Waals surface area contributed by atoms with Gasteiger partial charge in [0.15, 0.2) is 0 Å². The summed E-state index contributed by atoms with van der Waals surface area (Å²) < 4.78 is 1.78. The number of aromatic nitrogens is 4. The van der Waals surface area contributed by atoms with E-state index < -0.39 is 0 Å². The molecule has 2 rings (SSSR count). The molecular weight excluding hydrogens is 230 g/mol. The molecule has 0 fully saturated rings. The molecule has 6 nitrogen and oxygen atoms in total. The SMILES string of the molecule is Cc1c([C@@H](C)NC(=O)c2cnccn2)cnn1C. The van der Waals surface area contributed by atoms with Crippen LogP contribution in [0, 0.1) is 6.92 Å². The van der Waals surface area contributed by atoms with Crippen molar-refractivity contribution < 1.29 is 4.79 Å². The van der Waals surface area contributed by atoms with E-state index in [1.807, 2.05) is 20.9 Å². The van der Waals surface area contributed by atoms with Gasteiger partial charge in [-0.1, -0.05) is 0 Å². The van der Waals surface area contributed by atoms with Crippen LogP contribution in [0.5, 0.6) is 0 Å². The standard InChI is InChI=1S/C12H15N5O/c1-8(10-6-15-17(3)9(10)2)16-12(18)11-7-13-4-5-14-11/h4-8H,1-3H3,(H,16,18)/t8-/m1/s1. The summed E-state index contributed by atoms with van der Waals surface area (Å²) in [7, 11) is 1.87. The molecule has 94 valence electrons. The fourth-order valence-corrected chi connectivity index (χ4v) is 1.71. The van der Waals surface area contributed by atoms with Crippen LogP contribution in [-0.4, -0.2) is 25.7 Å². The number of hydrogen-bond acceptors (Lipinski definition) is 4. The predicted molar refractivity (Wildman–Crippen MR) is 65.9 cm³/mol. The Morgan fingerprint density at radius 1 is 1.39 bits per heavy atom. The largest absolute Gasteiger partial charge is 0.344 e. The van der Waals surface area contributed by atoms with Crippen LogP contribution in [-0.2, 0) is 7.05 Å². The van der Waals surface area contributed by atoms with E-state index >= 15 is 0 Å². The second kappa shape index (κ2) is 4.95. The summed E-state index contributed by atoms with van der Waals surface area (Å²) in [5.74, 6) is -0.237. The first kappa shape index (κ1) is 12.2. The lowest BCUT2D eigenvalue weighted by Gasteiger charge is -2.13. The van der Waals surface area contributed by atoms with Crippen molar-refractivity contribution in [2.24, 2.45) is 7.05 Å². The second-order valence-electron chi connectivity index (χ2n) is 4.09. The molecule has 0 saturated carbocycles. The normalized spacial score (nSPS) is 12.2. The van der Waals surface area contributed by atoms with E-state index in [1.165, 1.54) is 18.6 Å². The zero-order chi connectivity index (χ0) is 13.1. The van der Waals surface area contributed by atoms with E-state index in [2.05, 4.69) is 20.4 Å². The van der Waals surface area contributed by atoms with Crippen molar-refractivity contribution in [2.75, 3.05) is 0 Å². The van der Waals surface area contributed by atoms with E-state index in [4.69, 9.17) is 0 Å². The molecule has 6 heteroatoms. The van der Waals surface area contributed by atoms with Gasteiger partial charge in [-0.05, 0) is 13.8 Å². The fraction of sp³-hybridized carbons (Fsp3) is 0.333. The minimum atomic E-state index is -0.237. The molecule has 0 unspecified atom stereocenters. The lowest BCUT2D eigenvalue weighted by Crippen LogP contribution is -2.27. The van der Waals surface area contributed by atoms with Crippen molar-refractivity contribution in [1.29, 1.82) is 0 Å². The van der Waals surface area contributed by atoms with Crippen LogP contribution in [0.2, 0.25) is 0 Å². The maximum absolute atomic E-state index is 11.9. The minimum Gasteiger partial charge on any atom is -0.344 e. The summed E-state index contributed by atoms with van der Waals surface area (Å²) in [6.45, 7) is 3.88. The molecule has 1 atom stereocenters. The van der Waals surface area contributed by atoms with Crippen molar-refractivity contribution >= 4 is 5.91 Å². The molecule has 0 spiro atoms. The van der Waals surface area contributed by atoms with Gasteiger partial charge in [-0.15, -0.1) is 0 Å². The van der Waals surface area contributed by atoms with Gasteiger partial charge >= 0.3 is 0 Å². The van der Waals surface area contributed by atoms with E-state index in [9.17, 15) is 4.79 Å². The highest BCUT2D eigenvalue weighted by Gasteiger charge is 2.16. The average Bonchev–Trinajstić information content (AvgIpc) is 2.71. The molecule has 0 aliphatic heterocycles. The molecule has 0 bridgehead atoms. The van der Waals surface area contributed by atoms with Gasteiger partial charge in [0.25, 0.3) is 5.91 Å². The summed E-state index contributed by atoms with van der Waals surface area (Å²) in [6, 6.07) is -0.117. The molecule has 1 amide bonds. The maximum atomic E-state index is 11.9. The first-order chi connectivity index (χ1) is 8.59. The number of rotatable bonds is 3. The number of nitrogens with zero attached hydrogens (tertiary/aromatic N) is 4. The number of carbonyl (C=O) groups excluding carboxylic acids is 1. The summed E-state index contributed by atoms with van der Waals surface area (Å²) in [5.41, 5.74) is 2.34. The third kappa shape index (κ3) is 2.37. The molecule has 2 aromatic heterocycles. The number of aryl methyl sites for hydroxylation is 1. The number of amides is 1. The Morgan fingerprint density at radius 3 is 2.72 bits per heavy atom. The quantitative estimate of drug-likeness (QED) is 0.875. The van der Waals surface area contributed by atoms with E-state index in [1.54, 1.807) is 10.9 Å². The van der Waals surface area contributed by atoms with Crippen molar-refractivity contribution in [2.45, 2.75) is 19.9 Å². The third-order valence-electron chi connectivity index (χ3n) is 2.88. The number of hydrogen-bond donors (Lipinski definition) is 1. The zero-order valence-electron chi connectivity index (χ0n) is 10.6. The Bertz CT molecular complexity index is 549. The van der Waals surface area contributed by atoms with Crippen LogP contribution >= 0.6 is 0 Å². The molecule has 0 radical (unpaired) electrons. The molecule has 18 heavy (non-hydrogen) atoms.